The Morgan fingerprint density at radius 1 is 0.722 bits per heavy atom. The van der Waals surface area contributed by atoms with Crippen LogP contribution in [-0.4, -0.2) is 132 Å². The molecule has 0 aliphatic carbocycles. The van der Waals surface area contributed by atoms with Gasteiger partial charge in [-0.2, -0.15) is 0 Å². The molecule has 5 heterocycles. The summed E-state index contributed by atoms with van der Waals surface area (Å²) in [4.78, 5) is 33.4. The fourth-order valence-electron chi connectivity index (χ4n) is 8.60. The zero-order valence-electron chi connectivity index (χ0n) is 32.5. The molecule has 4 atom stereocenters. The smallest absolute Gasteiger partial charge is 0.238 e. The number of piperidine rings is 1. The van der Waals surface area contributed by atoms with Gasteiger partial charge in [-0.3, -0.25) is 9.59 Å². The van der Waals surface area contributed by atoms with Crippen LogP contribution in [0.15, 0.2) is 48.5 Å². The van der Waals surface area contributed by atoms with Crippen LogP contribution in [0.5, 0.6) is 11.5 Å². The van der Waals surface area contributed by atoms with Gasteiger partial charge < -0.3 is 34.8 Å². The first-order valence-electron chi connectivity index (χ1n) is 19.3. The molecule has 2 aromatic rings. The summed E-state index contributed by atoms with van der Waals surface area (Å²) in [7, 11) is -6.73. The predicted molar refractivity (Wildman–Crippen MR) is 213 cm³/mol. The third-order valence-electron chi connectivity index (χ3n) is 10.9. The SMILES string of the molecule is CCCS(=O)(=O)CC(=O)N1CC2C[C@H]1CN2c1ccc(OCC)cc1.CCOc1ccc(N2C[C@H]3CN(C(=O)CS(=O)(=O)CCN)C[C@@H]2C(C)(C)C3)cc1. The van der Waals surface area contributed by atoms with Crippen molar-refractivity contribution < 1.29 is 35.9 Å². The standard InChI is InChI=1S/C21H33N3O4S.C18H26N2O4S/c1-4-28-18-7-5-17(6-8-18)24-13-16-11-21(2,3)19(24)14-23(12-16)20(25)15-29(26,27)10-9-22;1-3-9-25(22,23)13-18(21)20-12-15-10-16(20)11-19(15)14-5-7-17(8-6-14)24-4-2/h5-8,16,19H,4,9-15,22H2,1-3H3;5-8,15-16H,3-4,9-13H2,1-2H3/t16-,19-;15?,16-/m10/s1. The Morgan fingerprint density at radius 3 is 1.80 bits per heavy atom. The molecule has 54 heavy (non-hydrogen) atoms. The molecular formula is C39H59N5O8S2. The monoisotopic (exact) mass is 789 g/mol. The molecule has 0 radical (unpaired) electrons. The van der Waals surface area contributed by atoms with Crippen molar-refractivity contribution in [2.75, 3.05) is 85.3 Å². The van der Waals surface area contributed by atoms with Crippen LogP contribution in [0.1, 0.15) is 53.9 Å². The van der Waals surface area contributed by atoms with Gasteiger partial charge in [0, 0.05) is 56.7 Å². The Bertz CT molecular complexity index is 1800. The normalized spacial score (nSPS) is 23.1. The van der Waals surface area contributed by atoms with Gasteiger partial charge >= 0.3 is 0 Å². The molecule has 1 unspecified atom stereocenters. The van der Waals surface area contributed by atoms with E-state index in [0.29, 0.717) is 45.2 Å². The lowest BCUT2D eigenvalue weighted by Crippen LogP contribution is -2.54. The number of carbonyl (C=O) groups excluding carboxylic acids is 2. The zero-order valence-corrected chi connectivity index (χ0v) is 34.1. The average Bonchev–Trinajstić information content (AvgIpc) is 3.62. The van der Waals surface area contributed by atoms with Gasteiger partial charge in [0.25, 0.3) is 0 Å². The van der Waals surface area contributed by atoms with Crippen molar-refractivity contribution in [1.29, 1.82) is 0 Å². The number of nitrogens with two attached hydrogens (primary N) is 1. The van der Waals surface area contributed by atoms with Crippen LogP contribution in [0.25, 0.3) is 0 Å². The average molecular weight is 790 g/mol. The van der Waals surface area contributed by atoms with E-state index in [1.807, 2.05) is 57.2 Å². The van der Waals surface area contributed by atoms with Crippen LogP contribution in [0, 0.1) is 11.3 Å². The van der Waals surface area contributed by atoms with Crippen molar-refractivity contribution in [3.63, 3.8) is 0 Å². The molecule has 7 rings (SSSR count). The van der Waals surface area contributed by atoms with Crippen molar-refractivity contribution in [1.82, 2.24) is 9.80 Å². The summed E-state index contributed by atoms with van der Waals surface area (Å²) in [5, 5.41) is 0. The van der Waals surface area contributed by atoms with Crippen molar-refractivity contribution >= 4 is 42.9 Å². The number of likely N-dealkylation sites (tertiary alicyclic amines) is 1. The molecule has 5 aliphatic heterocycles. The minimum atomic E-state index is -3.46. The Balaban J connectivity index is 0.000000210. The molecular weight excluding hydrogens is 731 g/mol. The molecule has 0 aromatic heterocycles. The lowest BCUT2D eigenvalue weighted by molar-refractivity contribution is -0.130. The second-order valence-electron chi connectivity index (χ2n) is 15.6. The van der Waals surface area contributed by atoms with E-state index in [0.717, 1.165) is 48.8 Å². The number of ether oxygens (including phenoxy) is 2. The highest BCUT2D eigenvalue weighted by molar-refractivity contribution is 7.92. The highest BCUT2D eigenvalue weighted by Crippen LogP contribution is 2.43. The van der Waals surface area contributed by atoms with Crippen molar-refractivity contribution in [3.8, 4) is 11.5 Å². The van der Waals surface area contributed by atoms with Gasteiger partial charge in [-0.15, -0.1) is 0 Å². The summed E-state index contributed by atoms with van der Waals surface area (Å²) in [5.74, 6) is 0.581. The van der Waals surface area contributed by atoms with Crippen LogP contribution in [0.2, 0.25) is 0 Å². The summed E-state index contributed by atoms with van der Waals surface area (Å²) in [5.41, 5.74) is 7.64. The Kier molecular flexibility index (Phi) is 13.5. The Labute approximate surface area is 322 Å². The van der Waals surface area contributed by atoms with E-state index in [2.05, 4.69) is 35.8 Å². The van der Waals surface area contributed by atoms with Crippen LogP contribution in [0.3, 0.4) is 0 Å². The largest absolute Gasteiger partial charge is 0.494 e. The number of piperazine rings is 1. The predicted octanol–water partition coefficient (Wildman–Crippen LogP) is 3.22. The number of benzene rings is 2. The number of amides is 2. The van der Waals surface area contributed by atoms with Crippen LogP contribution >= 0.6 is 0 Å². The second-order valence-corrected chi connectivity index (χ2v) is 20.0. The highest BCUT2D eigenvalue weighted by atomic mass is 32.2. The van der Waals surface area contributed by atoms with E-state index >= 15 is 0 Å². The van der Waals surface area contributed by atoms with Crippen LogP contribution in [-0.2, 0) is 29.3 Å². The zero-order chi connectivity index (χ0) is 39.3. The molecule has 4 bridgehead atoms. The third kappa shape index (κ3) is 10.2. The van der Waals surface area contributed by atoms with E-state index in [9.17, 15) is 26.4 Å². The van der Waals surface area contributed by atoms with E-state index in [4.69, 9.17) is 15.2 Å². The Hall–Kier alpha value is -3.56. The number of nitrogens with zero attached hydrogens (tertiary/aromatic N) is 4. The topological polar surface area (TPSA) is 160 Å². The number of fused-ring (bicyclic) bond motifs is 6. The maximum atomic E-state index is 12.8. The maximum absolute atomic E-state index is 12.8. The van der Waals surface area contributed by atoms with Gasteiger partial charge in [-0.1, -0.05) is 20.8 Å². The molecule has 2 aromatic carbocycles. The van der Waals surface area contributed by atoms with Crippen LogP contribution < -0.4 is 25.0 Å². The number of rotatable bonds is 14. The summed E-state index contributed by atoms with van der Waals surface area (Å²) in [6.07, 6.45) is 2.48. The molecule has 13 nitrogen and oxygen atoms in total. The molecule has 5 aliphatic rings. The summed E-state index contributed by atoms with van der Waals surface area (Å²) < 4.78 is 59.0. The van der Waals surface area contributed by atoms with Gasteiger partial charge in [0.15, 0.2) is 19.7 Å². The fourth-order valence-corrected chi connectivity index (χ4v) is 11.0. The molecule has 2 amide bonds. The first-order valence-corrected chi connectivity index (χ1v) is 22.9. The number of sulfone groups is 2. The second kappa shape index (κ2) is 17.5. The maximum Gasteiger partial charge on any atom is 0.238 e. The fraction of sp³-hybridized carbons (Fsp3) is 0.641. The summed E-state index contributed by atoms with van der Waals surface area (Å²) in [6, 6.07) is 16.6. The highest BCUT2D eigenvalue weighted by Gasteiger charge is 2.47. The molecule has 0 spiro atoms. The first kappa shape index (κ1) is 41.6. The molecule has 5 saturated heterocycles. The van der Waals surface area contributed by atoms with Gasteiger partial charge in [0.2, 0.25) is 11.8 Å². The van der Waals surface area contributed by atoms with E-state index < -0.39 is 25.4 Å². The quantitative estimate of drug-likeness (QED) is 0.300. The lowest BCUT2D eigenvalue weighted by atomic mass is 9.73. The first-order chi connectivity index (χ1) is 25.6. The third-order valence-corrected chi connectivity index (χ3v) is 14.2. The van der Waals surface area contributed by atoms with E-state index in [1.165, 1.54) is 0 Å². The van der Waals surface area contributed by atoms with Crippen molar-refractivity contribution in [2.24, 2.45) is 17.1 Å². The molecule has 2 N–H and O–H groups in total. The van der Waals surface area contributed by atoms with Gasteiger partial charge in [0.1, 0.15) is 23.0 Å². The van der Waals surface area contributed by atoms with E-state index in [1.54, 1.807) is 9.80 Å². The summed E-state index contributed by atoms with van der Waals surface area (Å²) >= 11 is 0. The minimum absolute atomic E-state index is 0.0205. The van der Waals surface area contributed by atoms with Crippen LogP contribution in [0.4, 0.5) is 11.4 Å². The number of hydrogen-bond acceptors (Lipinski definition) is 11. The van der Waals surface area contributed by atoms with Gasteiger partial charge in [0.05, 0.1) is 36.8 Å². The van der Waals surface area contributed by atoms with Gasteiger partial charge in [-0.05, 0) is 93.0 Å². The van der Waals surface area contributed by atoms with Gasteiger partial charge in [-0.25, -0.2) is 16.8 Å². The van der Waals surface area contributed by atoms with E-state index in [-0.39, 0.29) is 59.2 Å². The van der Waals surface area contributed by atoms with Crippen molar-refractivity contribution in [2.45, 2.75) is 72.0 Å². The minimum Gasteiger partial charge on any atom is -0.494 e. The number of anilines is 2. The molecule has 300 valence electrons. The van der Waals surface area contributed by atoms with Crippen molar-refractivity contribution in [3.05, 3.63) is 48.5 Å². The molecule has 15 heteroatoms. The number of hydrogen-bond donors (Lipinski definition) is 1. The summed E-state index contributed by atoms with van der Waals surface area (Å²) in [6.45, 7) is 14.9. The Morgan fingerprint density at radius 2 is 1.28 bits per heavy atom. The lowest BCUT2D eigenvalue weighted by Gasteiger charge is -2.48. The molecule has 5 fully saturated rings. The number of carbonyl (C=O) groups is 2. The molecule has 0 saturated carbocycles.